The summed E-state index contributed by atoms with van der Waals surface area (Å²) in [6.07, 6.45) is 3.16. The van der Waals surface area contributed by atoms with Gasteiger partial charge in [-0.05, 0) is 55.5 Å². The number of methoxy groups -OCH3 is 1. The highest BCUT2D eigenvalue weighted by molar-refractivity contribution is 9.13. The Morgan fingerprint density at radius 1 is 1.21 bits per heavy atom. The Balaban J connectivity index is 2.42. The SMILES string of the molecule is C=CC1=CC[C@@]2(Cl)C(=O)C(Cl)=C(Cl)C(=O)[C@@]2(Cl)[C@H]1c1cc(OC)c(O)c(Br)c1Br. The van der Waals surface area contributed by atoms with Crippen molar-refractivity contribution < 1.29 is 19.4 Å². The molecule has 3 rings (SSSR count). The number of ketones is 2. The number of rotatable bonds is 3. The molecule has 0 aromatic heterocycles. The summed E-state index contributed by atoms with van der Waals surface area (Å²) in [6, 6.07) is 1.50. The quantitative estimate of drug-likeness (QED) is 0.410. The Hall–Kier alpha value is -0.500. The summed E-state index contributed by atoms with van der Waals surface area (Å²) >= 11 is 32.5. The second kappa shape index (κ2) is 7.88. The highest BCUT2D eigenvalue weighted by atomic mass is 79.9. The number of halogens is 6. The fourth-order valence-corrected chi connectivity index (χ4v) is 6.06. The van der Waals surface area contributed by atoms with Crippen LogP contribution in [0.5, 0.6) is 11.5 Å². The minimum Gasteiger partial charge on any atom is -0.503 e. The first-order valence-corrected chi connectivity index (χ1v) is 11.2. The van der Waals surface area contributed by atoms with Gasteiger partial charge in [-0.25, -0.2) is 0 Å². The highest BCUT2D eigenvalue weighted by Crippen LogP contribution is 2.61. The summed E-state index contributed by atoms with van der Waals surface area (Å²) in [5, 5.41) is 9.36. The van der Waals surface area contributed by atoms with Gasteiger partial charge in [-0.3, -0.25) is 9.59 Å². The number of benzene rings is 1. The van der Waals surface area contributed by atoms with Crippen molar-refractivity contribution in [2.75, 3.05) is 7.11 Å². The number of phenols is 1. The number of hydrogen-bond acceptors (Lipinski definition) is 4. The molecule has 1 N–H and O–H groups in total. The van der Waals surface area contributed by atoms with Gasteiger partial charge in [0, 0.05) is 10.4 Å². The van der Waals surface area contributed by atoms with Gasteiger partial charge in [0.25, 0.3) is 0 Å². The van der Waals surface area contributed by atoms with Gasteiger partial charge in [0.1, 0.15) is 19.8 Å². The molecule has 1 aromatic rings. The van der Waals surface area contributed by atoms with Gasteiger partial charge in [-0.15, -0.1) is 23.2 Å². The third-order valence-corrected chi connectivity index (χ3v) is 9.56. The van der Waals surface area contributed by atoms with Gasteiger partial charge in [-0.2, -0.15) is 0 Å². The van der Waals surface area contributed by atoms with Crippen LogP contribution in [0, 0.1) is 0 Å². The number of fused-ring (bicyclic) bond motifs is 1. The van der Waals surface area contributed by atoms with Crippen molar-refractivity contribution in [1.29, 1.82) is 0 Å². The van der Waals surface area contributed by atoms with Crippen molar-refractivity contribution in [1.82, 2.24) is 0 Å². The van der Waals surface area contributed by atoms with Crippen LogP contribution in [0.15, 0.2) is 49.4 Å². The van der Waals surface area contributed by atoms with Gasteiger partial charge in [0.15, 0.2) is 23.1 Å². The normalized spacial score (nSPS) is 29.5. The summed E-state index contributed by atoms with van der Waals surface area (Å²) in [5.74, 6) is -2.49. The van der Waals surface area contributed by atoms with E-state index in [9.17, 15) is 14.7 Å². The first kappa shape index (κ1) is 23.2. The number of aromatic hydroxyl groups is 1. The van der Waals surface area contributed by atoms with Gasteiger partial charge >= 0.3 is 0 Å². The van der Waals surface area contributed by atoms with Crippen LogP contribution in [-0.2, 0) is 9.59 Å². The fraction of sp³-hybridized carbons (Fsp3) is 0.263. The summed E-state index contributed by atoms with van der Waals surface area (Å²) in [5.41, 5.74) is 0.987. The smallest absolute Gasteiger partial charge is 0.199 e. The molecule has 1 aromatic carbocycles. The predicted molar refractivity (Wildman–Crippen MR) is 122 cm³/mol. The highest BCUT2D eigenvalue weighted by Gasteiger charge is 2.68. The van der Waals surface area contributed by atoms with Crippen molar-refractivity contribution in [3.05, 3.63) is 54.9 Å². The van der Waals surface area contributed by atoms with Crippen molar-refractivity contribution >= 4 is 89.8 Å². The van der Waals surface area contributed by atoms with Gasteiger partial charge < -0.3 is 9.84 Å². The van der Waals surface area contributed by atoms with E-state index in [-0.39, 0.29) is 22.4 Å². The average molecular weight is 606 g/mol. The van der Waals surface area contributed by atoms with Gasteiger partial charge in [0.2, 0.25) is 0 Å². The van der Waals surface area contributed by atoms with E-state index in [0.29, 0.717) is 15.6 Å². The maximum Gasteiger partial charge on any atom is 0.199 e. The van der Waals surface area contributed by atoms with E-state index in [4.69, 9.17) is 51.1 Å². The summed E-state index contributed by atoms with van der Waals surface area (Å²) in [7, 11) is 1.38. The lowest BCUT2D eigenvalue weighted by Gasteiger charge is -2.50. The molecule has 0 amide bonds. The predicted octanol–water partition coefficient (Wildman–Crippen LogP) is 6.32. The molecule has 154 valence electrons. The largest absolute Gasteiger partial charge is 0.503 e. The molecule has 29 heavy (non-hydrogen) atoms. The lowest BCUT2D eigenvalue weighted by Crippen LogP contribution is -2.64. The zero-order valence-electron chi connectivity index (χ0n) is 14.7. The topological polar surface area (TPSA) is 63.6 Å². The zero-order chi connectivity index (χ0) is 21.9. The van der Waals surface area contributed by atoms with E-state index in [2.05, 4.69) is 38.4 Å². The Labute approximate surface area is 203 Å². The number of carbonyl (C=O) groups excluding carboxylic acids is 2. The Morgan fingerprint density at radius 3 is 2.34 bits per heavy atom. The Morgan fingerprint density at radius 2 is 1.79 bits per heavy atom. The Bertz CT molecular complexity index is 1040. The van der Waals surface area contributed by atoms with Crippen LogP contribution in [0.3, 0.4) is 0 Å². The van der Waals surface area contributed by atoms with E-state index < -0.39 is 37.3 Å². The molecule has 0 heterocycles. The van der Waals surface area contributed by atoms with E-state index in [1.165, 1.54) is 19.3 Å². The van der Waals surface area contributed by atoms with Crippen LogP contribution < -0.4 is 4.74 Å². The zero-order valence-corrected chi connectivity index (χ0v) is 20.9. The molecule has 3 atom stereocenters. The maximum absolute atomic E-state index is 13.3. The lowest BCUT2D eigenvalue weighted by molar-refractivity contribution is -0.127. The number of allylic oxidation sites excluding steroid dienone is 5. The molecule has 4 nitrogen and oxygen atoms in total. The molecule has 0 saturated carbocycles. The van der Waals surface area contributed by atoms with Crippen LogP contribution in [0.1, 0.15) is 17.9 Å². The number of phenolic OH excluding ortho intramolecular Hbond substituents is 1. The molecule has 0 fully saturated rings. The van der Waals surface area contributed by atoms with E-state index >= 15 is 0 Å². The van der Waals surface area contributed by atoms with Crippen molar-refractivity contribution in [2.45, 2.75) is 22.1 Å². The second-order valence-corrected chi connectivity index (χ2v) is 10.1. The van der Waals surface area contributed by atoms with Crippen molar-refractivity contribution in [3.63, 3.8) is 0 Å². The van der Waals surface area contributed by atoms with E-state index in [0.717, 1.165) is 0 Å². The molecule has 2 aliphatic carbocycles. The van der Waals surface area contributed by atoms with Crippen LogP contribution in [0.4, 0.5) is 0 Å². The molecule has 0 spiro atoms. The maximum atomic E-state index is 13.3. The molecular formula is C19H12Br2Cl4O4. The molecule has 2 aliphatic rings. The molecule has 0 bridgehead atoms. The van der Waals surface area contributed by atoms with Crippen LogP contribution in [0.2, 0.25) is 0 Å². The molecule has 0 saturated heterocycles. The molecule has 0 aliphatic heterocycles. The Kier molecular flexibility index (Phi) is 6.30. The summed E-state index contributed by atoms with van der Waals surface area (Å²) in [6.45, 7) is 3.80. The first-order valence-electron chi connectivity index (χ1n) is 8.07. The summed E-state index contributed by atoms with van der Waals surface area (Å²) < 4.78 is 5.90. The molecule has 10 heteroatoms. The first-order chi connectivity index (χ1) is 13.5. The van der Waals surface area contributed by atoms with E-state index in [1.807, 2.05) is 0 Å². The number of hydrogen-bond donors (Lipinski definition) is 1. The molecule has 0 radical (unpaired) electrons. The monoisotopic (exact) mass is 602 g/mol. The van der Waals surface area contributed by atoms with Crippen molar-refractivity contribution in [2.24, 2.45) is 0 Å². The second-order valence-electron chi connectivity index (χ2n) is 6.49. The third-order valence-electron chi connectivity index (χ3n) is 5.15. The lowest BCUT2D eigenvalue weighted by atomic mass is 9.62. The number of carbonyl (C=O) groups is 2. The van der Waals surface area contributed by atoms with E-state index in [1.54, 1.807) is 6.08 Å². The van der Waals surface area contributed by atoms with Crippen molar-refractivity contribution in [3.8, 4) is 11.5 Å². The van der Waals surface area contributed by atoms with Gasteiger partial charge in [0.05, 0.1) is 11.6 Å². The number of alkyl halides is 2. The fourth-order valence-electron chi connectivity index (χ4n) is 3.66. The third kappa shape index (κ3) is 3.06. The van der Waals surface area contributed by atoms with Gasteiger partial charge in [-0.1, -0.05) is 41.9 Å². The average Bonchev–Trinajstić information content (AvgIpc) is 2.71. The number of ether oxygens (including phenoxy) is 1. The minimum absolute atomic E-state index is 0.0467. The standard InChI is InChI=1S/C19H12Br2Cl4O4/c1-3-7-4-5-18(24)16(27)13(22)14(23)17(28)19(18,25)10(7)8-6-9(29-2)15(26)12(21)11(8)20/h3-4,6,10,26H,1,5H2,2H3/t10-,18-,19+/m1/s1. The minimum atomic E-state index is -2.00. The summed E-state index contributed by atoms with van der Waals surface area (Å²) in [4.78, 5) is 22.4. The van der Waals surface area contributed by atoms with Crippen LogP contribution in [0.25, 0.3) is 0 Å². The van der Waals surface area contributed by atoms with Crippen LogP contribution >= 0.6 is 78.3 Å². The molecular weight excluding hydrogens is 594 g/mol. The van der Waals surface area contributed by atoms with Crippen LogP contribution in [-0.4, -0.2) is 33.5 Å². The molecule has 0 unspecified atom stereocenters. The number of Topliss-reactive ketones (excluding diaryl/α,β-unsaturated/α-hetero) is 2.